The number of hydrogen-bond acceptors (Lipinski definition) is 0. The number of hydrogen-bond donors (Lipinski definition) is 0. The van der Waals surface area contributed by atoms with Crippen LogP contribution in [0.1, 0.15) is 321 Å². The van der Waals surface area contributed by atoms with E-state index in [4.69, 9.17) is 0 Å². The molecule has 7 rings (SSSR count). The van der Waals surface area contributed by atoms with E-state index in [1.54, 1.807) is 0 Å². The summed E-state index contributed by atoms with van der Waals surface area (Å²) in [6, 6.07) is 48.7. The average molecular weight is 1240 g/mol. The molecule has 0 nitrogen and oxygen atoms in total. The zero-order chi connectivity index (χ0) is 66.2. The first-order chi connectivity index (χ1) is 46.3. The van der Waals surface area contributed by atoms with Crippen molar-refractivity contribution in [3.05, 3.63) is 245 Å². The number of rotatable bonds is 32. The molecule has 0 aromatic heterocycles. The summed E-state index contributed by atoms with van der Waals surface area (Å²) >= 11 is 0. The lowest BCUT2D eigenvalue weighted by Gasteiger charge is -2.14. The van der Waals surface area contributed by atoms with Crippen LogP contribution < -0.4 is 0 Å². The largest absolute Gasteiger partial charge is 0.0654 e. The van der Waals surface area contributed by atoms with Crippen LogP contribution in [0.3, 0.4) is 0 Å². The Labute approximate surface area is 573 Å². The Morgan fingerprint density at radius 3 is 0.511 bits per heavy atom. The third kappa shape index (κ3) is 25.7. The molecule has 7 aromatic carbocycles. The Kier molecular flexibility index (Phi) is 33.5. The van der Waals surface area contributed by atoms with Gasteiger partial charge in [-0.05, 0) is 244 Å². The molecule has 0 atom stereocenters. The first-order valence-corrected chi connectivity index (χ1v) is 37.2. The monoisotopic (exact) mass is 1240 g/mol. The Bertz CT molecular complexity index is 3570. The molecular formula is C94H110. The highest BCUT2D eigenvalue weighted by Gasteiger charge is 2.14. The van der Waals surface area contributed by atoms with Crippen molar-refractivity contribution in [2.45, 2.75) is 261 Å². The molecule has 0 aliphatic heterocycles. The van der Waals surface area contributed by atoms with Crippen molar-refractivity contribution in [3.63, 3.8) is 0 Å². The normalized spacial score (nSPS) is 10.6. The highest BCUT2D eigenvalue weighted by atomic mass is 14.2. The Balaban J connectivity index is 1.29. The molecule has 0 amide bonds. The first-order valence-electron chi connectivity index (χ1n) is 37.2. The maximum atomic E-state index is 3.93. The van der Waals surface area contributed by atoms with Crippen LogP contribution in [0.15, 0.2) is 133 Å². The lowest BCUT2D eigenvalue weighted by Crippen LogP contribution is -2.01. The fourth-order valence-electron chi connectivity index (χ4n) is 12.2. The SMILES string of the molecule is CCCCCCc1cc(C#Cc2cc(CCCCCC)c(C#Cc3cc(CCCCCC)c(C#Cc4ccc(C#Cc5ccc(CC)cc5)cc4)cc3CCCCCC)cc2CCCCCC)c(CCCCCC)cc1C#Cc1ccc(C#Cc2ccc(CC)cc2)cc1. The van der Waals surface area contributed by atoms with Gasteiger partial charge in [0.05, 0.1) is 0 Å². The third-order valence-electron chi connectivity index (χ3n) is 18.3. The molecule has 0 bridgehead atoms. The fraction of sp³-hybridized carbons (Fsp3) is 0.426. The van der Waals surface area contributed by atoms with Gasteiger partial charge >= 0.3 is 0 Å². The van der Waals surface area contributed by atoms with E-state index in [1.165, 1.54) is 182 Å². The zero-order valence-electron chi connectivity index (χ0n) is 59.3. The Hall–Kier alpha value is -8.10. The predicted molar refractivity (Wildman–Crippen MR) is 407 cm³/mol. The Morgan fingerprint density at radius 1 is 0.181 bits per heavy atom. The number of aryl methyl sites for hydroxylation is 8. The fourth-order valence-corrected chi connectivity index (χ4v) is 12.2. The first kappa shape index (κ1) is 73.3. The molecule has 0 spiro atoms. The van der Waals surface area contributed by atoms with Gasteiger partial charge in [0.25, 0.3) is 0 Å². The van der Waals surface area contributed by atoms with Gasteiger partial charge in [-0.3, -0.25) is 0 Å². The van der Waals surface area contributed by atoms with Gasteiger partial charge in [-0.25, -0.2) is 0 Å². The highest BCUT2D eigenvalue weighted by molar-refractivity contribution is 5.61. The van der Waals surface area contributed by atoms with Crippen molar-refractivity contribution >= 4 is 0 Å². The smallest absolute Gasteiger partial charge is 0.0284 e. The minimum absolute atomic E-state index is 0.998. The molecule has 0 unspecified atom stereocenters. The summed E-state index contributed by atoms with van der Waals surface area (Å²) in [6.45, 7) is 18.2. The molecule has 0 fully saturated rings. The zero-order valence-corrected chi connectivity index (χ0v) is 59.3. The molecule has 7 aromatic rings. The van der Waals surface area contributed by atoms with Crippen LogP contribution in [-0.4, -0.2) is 0 Å². The van der Waals surface area contributed by atoms with Crippen molar-refractivity contribution in [1.29, 1.82) is 0 Å². The number of unbranched alkanes of at least 4 members (excludes halogenated alkanes) is 18. The van der Waals surface area contributed by atoms with Gasteiger partial charge in [-0.2, -0.15) is 0 Å². The van der Waals surface area contributed by atoms with E-state index in [0.717, 1.165) is 134 Å². The van der Waals surface area contributed by atoms with E-state index in [1.807, 2.05) is 0 Å². The molecule has 0 saturated carbocycles. The van der Waals surface area contributed by atoms with Crippen LogP contribution in [0.4, 0.5) is 0 Å². The maximum Gasteiger partial charge on any atom is 0.0284 e. The lowest BCUT2D eigenvalue weighted by atomic mass is 9.90. The van der Waals surface area contributed by atoms with Crippen LogP contribution in [0, 0.1) is 71.0 Å². The summed E-state index contributed by atoms with van der Waals surface area (Å²) in [7, 11) is 0. The van der Waals surface area contributed by atoms with Gasteiger partial charge in [-0.1, -0.05) is 266 Å². The van der Waals surface area contributed by atoms with Crippen molar-refractivity contribution < 1.29 is 0 Å². The molecule has 94 heavy (non-hydrogen) atoms. The second-order valence-corrected chi connectivity index (χ2v) is 26.1. The van der Waals surface area contributed by atoms with E-state index in [2.05, 4.69) is 260 Å². The van der Waals surface area contributed by atoms with Crippen molar-refractivity contribution in [2.24, 2.45) is 0 Å². The molecule has 0 saturated heterocycles. The summed E-state index contributed by atoms with van der Waals surface area (Å²) < 4.78 is 0. The molecular weight excluding hydrogens is 1130 g/mol. The molecule has 486 valence electrons. The molecule has 0 aliphatic carbocycles. The number of benzene rings is 7. The lowest BCUT2D eigenvalue weighted by molar-refractivity contribution is 0.662. The van der Waals surface area contributed by atoms with E-state index in [9.17, 15) is 0 Å². The van der Waals surface area contributed by atoms with Crippen molar-refractivity contribution in [2.75, 3.05) is 0 Å². The summed E-state index contributed by atoms with van der Waals surface area (Å²) in [5, 5.41) is 0. The molecule has 0 radical (unpaired) electrons. The van der Waals surface area contributed by atoms with E-state index in [0.29, 0.717) is 0 Å². The van der Waals surface area contributed by atoms with E-state index < -0.39 is 0 Å². The van der Waals surface area contributed by atoms with Crippen LogP contribution >= 0.6 is 0 Å². The standard InChI is InChI=1S/C94H110/c1-9-17-23-29-35-83-71-91(85(37-31-25-19-11-3)69-89(83)63-61-81-57-53-79(54-58-81)51-49-77-45-41-75(15-7)42-46-77)65-67-93-73-88(40-34-28-22-14-6)94(74-87(93)39-33-27-21-13-5)68-66-92-72-84(36-30-24-18-10-2)90(70-86(92)38-32-26-20-12-4)64-62-82-59-55-80(56-60-82)52-50-78-47-43-76(16-8)44-48-78/h41-48,53-60,69-74H,9-40H2,1-8H3. The van der Waals surface area contributed by atoms with Crippen LogP contribution in [-0.2, 0) is 51.4 Å². The van der Waals surface area contributed by atoms with E-state index >= 15 is 0 Å². The highest BCUT2D eigenvalue weighted by Crippen LogP contribution is 2.27. The van der Waals surface area contributed by atoms with Gasteiger partial charge in [0, 0.05) is 66.8 Å². The van der Waals surface area contributed by atoms with Crippen LogP contribution in [0.2, 0.25) is 0 Å². The second kappa shape index (κ2) is 43.0. The van der Waals surface area contributed by atoms with Gasteiger partial charge in [0.2, 0.25) is 0 Å². The quantitative estimate of drug-likeness (QED) is 0.0291. The van der Waals surface area contributed by atoms with E-state index in [-0.39, 0.29) is 0 Å². The summed E-state index contributed by atoms with van der Waals surface area (Å²) in [4.78, 5) is 0. The van der Waals surface area contributed by atoms with Gasteiger partial charge in [0.15, 0.2) is 0 Å². The molecule has 0 heteroatoms. The Morgan fingerprint density at radius 2 is 0.340 bits per heavy atom. The minimum Gasteiger partial charge on any atom is -0.0654 e. The summed E-state index contributed by atoms with van der Waals surface area (Å²) in [5.41, 5.74) is 23.7. The van der Waals surface area contributed by atoms with Gasteiger partial charge < -0.3 is 0 Å². The van der Waals surface area contributed by atoms with Crippen LogP contribution in [0.25, 0.3) is 0 Å². The van der Waals surface area contributed by atoms with Gasteiger partial charge in [0.1, 0.15) is 0 Å². The minimum atomic E-state index is 0.998. The average Bonchev–Trinajstić information content (AvgIpc) is 0.876. The maximum absolute atomic E-state index is 3.93. The molecule has 0 N–H and O–H groups in total. The predicted octanol–water partition coefficient (Wildman–Crippen LogP) is 23.9. The van der Waals surface area contributed by atoms with Gasteiger partial charge in [-0.15, -0.1) is 0 Å². The summed E-state index contributed by atoms with van der Waals surface area (Å²) in [5.74, 6) is 43.7. The van der Waals surface area contributed by atoms with Crippen molar-refractivity contribution in [3.8, 4) is 71.0 Å². The molecule has 0 aliphatic rings. The third-order valence-corrected chi connectivity index (χ3v) is 18.3. The topological polar surface area (TPSA) is 0 Å². The summed E-state index contributed by atoms with van der Waals surface area (Å²) in [6.07, 6.45) is 37.0. The second-order valence-electron chi connectivity index (χ2n) is 26.1. The molecule has 0 heterocycles. The van der Waals surface area contributed by atoms with Crippen LogP contribution in [0.5, 0.6) is 0 Å². The van der Waals surface area contributed by atoms with Crippen molar-refractivity contribution in [1.82, 2.24) is 0 Å².